The van der Waals surface area contributed by atoms with Crippen molar-refractivity contribution < 1.29 is 0 Å². The van der Waals surface area contributed by atoms with E-state index in [1.165, 1.54) is 5.56 Å². The molecule has 6 nitrogen and oxygen atoms in total. The molecule has 7 heteroatoms. The fourth-order valence-corrected chi connectivity index (χ4v) is 3.64. The number of pyridine rings is 1. The van der Waals surface area contributed by atoms with Crippen LogP contribution in [0.25, 0.3) is 0 Å². The van der Waals surface area contributed by atoms with Gasteiger partial charge in [-0.15, -0.1) is 0 Å². The third-order valence-electron chi connectivity index (χ3n) is 5.23. The van der Waals surface area contributed by atoms with Gasteiger partial charge in [-0.2, -0.15) is 0 Å². The summed E-state index contributed by atoms with van der Waals surface area (Å²) < 4.78 is 0. The molecule has 1 saturated heterocycles. The summed E-state index contributed by atoms with van der Waals surface area (Å²) in [6.07, 6.45) is 2.84. The van der Waals surface area contributed by atoms with Crippen LogP contribution in [0.3, 0.4) is 0 Å². The average molecular weight is 415 g/mol. The Labute approximate surface area is 179 Å². The van der Waals surface area contributed by atoms with Crippen molar-refractivity contribution in [3.8, 4) is 0 Å². The topological polar surface area (TPSA) is 55.8 Å². The molecule has 0 spiro atoms. The second-order valence-corrected chi connectivity index (χ2v) is 7.61. The van der Waals surface area contributed by atoms with Gasteiger partial charge in [0.15, 0.2) is 5.96 Å². The zero-order valence-corrected chi connectivity index (χ0v) is 18.1. The standard InChI is InChI=1S/C22H31ClN6/c1-3-28-11-13-29(14-12-28)21-8-7-19(16-26-21)17-27-22(24-2)25-10-9-18-5-4-6-20(23)15-18/h4-8,15-16H,3,9-14,17H2,1-2H3,(H2,24,25,27). The van der Waals surface area contributed by atoms with Gasteiger partial charge in [-0.3, -0.25) is 4.99 Å². The third-order valence-corrected chi connectivity index (χ3v) is 5.47. The van der Waals surface area contributed by atoms with Crippen LogP contribution < -0.4 is 15.5 Å². The Morgan fingerprint density at radius 3 is 2.59 bits per heavy atom. The van der Waals surface area contributed by atoms with Crippen molar-refractivity contribution in [3.63, 3.8) is 0 Å². The molecule has 1 aliphatic rings. The van der Waals surface area contributed by atoms with Crippen LogP contribution in [0.5, 0.6) is 0 Å². The van der Waals surface area contributed by atoms with E-state index < -0.39 is 0 Å². The maximum atomic E-state index is 6.04. The molecule has 0 amide bonds. The van der Waals surface area contributed by atoms with Gasteiger partial charge in [0.2, 0.25) is 0 Å². The molecular formula is C22H31ClN6. The first kappa shape index (κ1) is 21.4. The van der Waals surface area contributed by atoms with E-state index in [0.29, 0.717) is 6.54 Å². The predicted molar refractivity (Wildman–Crippen MR) is 122 cm³/mol. The summed E-state index contributed by atoms with van der Waals surface area (Å²) in [4.78, 5) is 13.8. The predicted octanol–water partition coefficient (Wildman–Crippen LogP) is 2.78. The highest BCUT2D eigenvalue weighted by atomic mass is 35.5. The number of hydrogen-bond acceptors (Lipinski definition) is 4. The van der Waals surface area contributed by atoms with Crippen molar-refractivity contribution in [2.45, 2.75) is 19.9 Å². The lowest BCUT2D eigenvalue weighted by Crippen LogP contribution is -2.46. The molecule has 29 heavy (non-hydrogen) atoms. The summed E-state index contributed by atoms with van der Waals surface area (Å²) >= 11 is 6.04. The number of piperazine rings is 1. The van der Waals surface area contributed by atoms with Gasteiger partial charge in [-0.25, -0.2) is 4.98 Å². The van der Waals surface area contributed by atoms with E-state index in [9.17, 15) is 0 Å². The Bertz CT molecular complexity index is 784. The lowest BCUT2D eigenvalue weighted by molar-refractivity contribution is 0.270. The Balaban J connectivity index is 1.42. The van der Waals surface area contributed by atoms with Crippen LogP contribution in [0.1, 0.15) is 18.1 Å². The Hall–Kier alpha value is -2.31. The molecule has 1 fully saturated rings. The van der Waals surface area contributed by atoms with E-state index in [-0.39, 0.29) is 0 Å². The minimum atomic E-state index is 0.688. The second kappa shape index (κ2) is 11.0. The van der Waals surface area contributed by atoms with Crippen LogP contribution in [-0.2, 0) is 13.0 Å². The van der Waals surface area contributed by atoms with Crippen LogP contribution in [0.4, 0.5) is 5.82 Å². The van der Waals surface area contributed by atoms with Crippen LogP contribution in [0.15, 0.2) is 47.6 Å². The van der Waals surface area contributed by atoms with Gasteiger partial charge in [0, 0.05) is 57.5 Å². The molecule has 1 aromatic carbocycles. The fraction of sp³-hybridized carbons (Fsp3) is 0.455. The summed E-state index contributed by atoms with van der Waals surface area (Å²) in [7, 11) is 1.78. The number of likely N-dealkylation sites (N-methyl/N-ethyl adjacent to an activating group) is 1. The molecule has 3 rings (SSSR count). The van der Waals surface area contributed by atoms with E-state index in [1.54, 1.807) is 7.05 Å². The average Bonchev–Trinajstić information content (AvgIpc) is 2.76. The highest BCUT2D eigenvalue weighted by Crippen LogP contribution is 2.14. The number of rotatable bonds is 7. The zero-order chi connectivity index (χ0) is 20.5. The highest BCUT2D eigenvalue weighted by molar-refractivity contribution is 6.30. The van der Waals surface area contributed by atoms with Crippen molar-refractivity contribution in [3.05, 3.63) is 58.7 Å². The fourth-order valence-electron chi connectivity index (χ4n) is 3.43. The van der Waals surface area contributed by atoms with Gasteiger partial charge in [-0.1, -0.05) is 36.7 Å². The molecule has 0 unspecified atom stereocenters. The van der Waals surface area contributed by atoms with Crippen LogP contribution in [0, 0.1) is 0 Å². The number of halogens is 1. The summed E-state index contributed by atoms with van der Waals surface area (Å²) in [6.45, 7) is 9.13. The molecule has 1 aliphatic heterocycles. The lowest BCUT2D eigenvalue weighted by Gasteiger charge is -2.34. The SMILES string of the molecule is CCN1CCN(c2ccc(CNC(=NC)NCCc3cccc(Cl)c3)cn2)CC1. The Morgan fingerprint density at radius 1 is 1.10 bits per heavy atom. The smallest absolute Gasteiger partial charge is 0.191 e. The highest BCUT2D eigenvalue weighted by Gasteiger charge is 2.16. The van der Waals surface area contributed by atoms with Gasteiger partial charge in [0.25, 0.3) is 0 Å². The van der Waals surface area contributed by atoms with E-state index in [2.05, 4.69) is 55.5 Å². The van der Waals surface area contributed by atoms with Crippen LogP contribution in [0.2, 0.25) is 5.02 Å². The summed E-state index contributed by atoms with van der Waals surface area (Å²) in [6, 6.07) is 12.2. The molecule has 1 aromatic heterocycles. The first-order valence-corrected chi connectivity index (χ1v) is 10.7. The van der Waals surface area contributed by atoms with Crippen molar-refractivity contribution in [2.75, 3.05) is 51.2 Å². The number of nitrogens with zero attached hydrogens (tertiary/aromatic N) is 4. The molecule has 0 radical (unpaired) electrons. The number of aliphatic imine (C=N–C) groups is 1. The third kappa shape index (κ3) is 6.61. The second-order valence-electron chi connectivity index (χ2n) is 7.18. The van der Waals surface area contributed by atoms with E-state index in [0.717, 1.165) is 68.1 Å². The largest absolute Gasteiger partial charge is 0.356 e. The van der Waals surface area contributed by atoms with E-state index in [4.69, 9.17) is 11.6 Å². The van der Waals surface area contributed by atoms with Gasteiger partial charge >= 0.3 is 0 Å². The van der Waals surface area contributed by atoms with Crippen molar-refractivity contribution in [1.82, 2.24) is 20.5 Å². The molecule has 0 bridgehead atoms. The summed E-state index contributed by atoms with van der Waals surface area (Å²) in [5.41, 5.74) is 2.35. The molecule has 0 aliphatic carbocycles. The monoisotopic (exact) mass is 414 g/mol. The van der Waals surface area contributed by atoms with Crippen molar-refractivity contribution >= 4 is 23.4 Å². The van der Waals surface area contributed by atoms with Crippen LogP contribution in [-0.4, -0.2) is 62.2 Å². The number of anilines is 1. The van der Waals surface area contributed by atoms with Gasteiger partial charge < -0.3 is 20.4 Å². The minimum absolute atomic E-state index is 0.688. The van der Waals surface area contributed by atoms with Crippen molar-refractivity contribution in [2.24, 2.45) is 4.99 Å². The maximum Gasteiger partial charge on any atom is 0.191 e. The first-order valence-electron chi connectivity index (χ1n) is 10.3. The number of benzene rings is 1. The minimum Gasteiger partial charge on any atom is -0.356 e. The zero-order valence-electron chi connectivity index (χ0n) is 17.4. The molecule has 2 N–H and O–H groups in total. The van der Waals surface area contributed by atoms with Gasteiger partial charge in [-0.05, 0) is 42.3 Å². The number of guanidine groups is 1. The normalized spacial score (nSPS) is 15.4. The van der Waals surface area contributed by atoms with E-state index >= 15 is 0 Å². The molecule has 2 aromatic rings. The van der Waals surface area contributed by atoms with E-state index in [1.807, 2.05) is 24.4 Å². The maximum absolute atomic E-state index is 6.04. The van der Waals surface area contributed by atoms with Crippen molar-refractivity contribution in [1.29, 1.82) is 0 Å². The Morgan fingerprint density at radius 2 is 1.93 bits per heavy atom. The quantitative estimate of drug-likeness (QED) is 0.539. The molecule has 0 atom stereocenters. The van der Waals surface area contributed by atoms with Gasteiger partial charge in [0.05, 0.1) is 0 Å². The number of aromatic nitrogens is 1. The number of hydrogen-bond donors (Lipinski definition) is 2. The molecule has 2 heterocycles. The van der Waals surface area contributed by atoms with Gasteiger partial charge in [0.1, 0.15) is 5.82 Å². The first-order chi connectivity index (χ1) is 14.2. The molecule has 0 saturated carbocycles. The Kier molecular flexibility index (Phi) is 8.14. The number of nitrogens with one attached hydrogen (secondary N) is 2. The van der Waals surface area contributed by atoms with Crippen LogP contribution >= 0.6 is 11.6 Å². The lowest BCUT2D eigenvalue weighted by atomic mass is 10.1. The summed E-state index contributed by atoms with van der Waals surface area (Å²) in [5.74, 6) is 1.85. The molecular weight excluding hydrogens is 384 g/mol. The summed E-state index contributed by atoms with van der Waals surface area (Å²) in [5, 5.41) is 7.46. The molecule has 156 valence electrons.